The molecule has 1 heterocycles. The second kappa shape index (κ2) is 15.4. The van der Waals surface area contributed by atoms with Crippen LogP contribution in [0.2, 0.25) is 0 Å². The average Bonchev–Trinajstić information content (AvgIpc) is 3.44. The molecule has 0 unspecified atom stereocenters. The molecule has 1 amide bonds. The van der Waals surface area contributed by atoms with Gasteiger partial charge in [-0.3, -0.25) is 0 Å². The summed E-state index contributed by atoms with van der Waals surface area (Å²) in [5.74, 6) is 2.08. The Balaban J connectivity index is 0.00000529. The predicted octanol–water partition coefficient (Wildman–Crippen LogP) is 3.91. The highest BCUT2D eigenvalue weighted by Gasteiger charge is 2.44. The number of benzene rings is 2. The van der Waals surface area contributed by atoms with E-state index in [1.807, 2.05) is 75.4 Å². The lowest BCUT2D eigenvalue weighted by Crippen LogP contribution is -3.00. The molecule has 44 heavy (non-hydrogen) atoms. The van der Waals surface area contributed by atoms with Crippen molar-refractivity contribution in [3.05, 3.63) is 83.6 Å². The average molecular weight is 673 g/mol. The van der Waals surface area contributed by atoms with Gasteiger partial charge >= 0.3 is 6.09 Å². The summed E-state index contributed by atoms with van der Waals surface area (Å²) in [6.07, 6.45) is 7.70. The van der Waals surface area contributed by atoms with Crippen LogP contribution in [-0.2, 0) is 23.4 Å². The van der Waals surface area contributed by atoms with Crippen LogP contribution in [0.25, 0.3) is 0 Å². The first-order valence-corrected chi connectivity index (χ1v) is 15.6. The summed E-state index contributed by atoms with van der Waals surface area (Å²) in [6.45, 7) is 8.20. The van der Waals surface area contributed by atoms with Crippen molar-refractivity contribution in [2.45, 2.75) is 83.6 Å². The van der Waals surface area contributed by atoms with Crippen molar-refractivity contribution in [3.8, 4) is 5.75 Å². The van der Waals surface area contributed by atoms with E-state index in [4.69, 9.17) is 13.9 Å². The van der Waals surface area contributed by atoms with Crippen LogP contribution in [0.3, 0.4) is 0 Å². The van der Waals surface area contributed by atoms with Crippen LogP contribution in [0.5, 0.6) is 5.75 Å². The van der Waals surface area contributed by atoms with Gasteiger partial charge in [0.15, 0.2) is 11.4 Å². The van der Waals surface area contributed by atoms with E-state index < -0.39 is 11.2 Å². The zero-order valence-electron chi connectivity index (χ0n) is 27.2. The van der Waals surface area contributed by atoms with Gasteiger partial charge in [0, 0.05) is 25.9 Å². The molecule has 9 heteroatoms. The summed E-state index contributed by atoms with van der Waals surface area (Å²) in [7, 11) is 6.07. The van der Waals surface area contributed by atoms with Crippen molar-refractivity contribution in [2.24, 2.45) is 5.92 Å². The Morgan fingerprint density at radius 2 is 1.70 bits per heavy atom. The molecule has 0 radical (unpaired) electrons. The molecule has 4 rings (SSSR count). The fourth-order valence-electron chi connectivity index (χ4n) is 5.86. The van der Waals surface area contributed by atoms with Crippen molar-refractivity contribution in [1.29, 1.82) is 0 Å². The minimum Gasteiger partial charge on any atom is -1.00 e. The van der Waals surface area contributed by atoms with Crippen molar-refractivity contribution >= 4 is 6.09 Å². The maximum absolute atomic E-state index is 12.2. The van der Waals surface area contributed by atoms with E-state index in [9.17, 15) is 9.90 Å². The Labute approximate surface area is 273 Å². The second-order valence-corrected chi connectivity index (χ2v) is 13.6. The Bertz CT molecular complexity index is 1300. The normalized spacial score (nSPS) is 15.6. The number of hydrogen-bond donors (Lipinski definition) is 1. The molecule has 0 saturated heterocycles. The largest absolute Gasteiger partial charge is 1.00 e. The van der Waals surface area contributed by atoms with E-state index in [0.29, 0.717) is 30.1 Å². The molecule has 242 valence electrons. The first-order chi connectivity index (χ1) is 20.4. The molecule has 0 aliphatic heterocycles. The Hall–Kier alpha value is -2.88. The number of ether oxygens (including phenoxy) is 2. The monoisotopic (exact) mass is 671 g/mol. The van der Waals surface area contributed by atoms with Crippen LogP contribution in [0.1, 0.15) is 82.1 Å². The highest BCUT2D eigenvalue weighted by molar-refractivity contribution is 5.67. The number of quaternary nitrogens is 1. The van der Waals surface area contributed by atoms with E-state index in [1.165, 1.54) is 6.42 Å². The maximum atomic E-state index is 12.2. The summed E-state index contributed by atoms with van der Waals surface area (Å²) >= 11 is 0. The van der Waals surface area contributed by atoms with E-state index >= 15 is 0 Å². The highest BCUT2D eigenvalue weighted by Crippen LogP contribution is 2.43. The SMILES string of the molecule is CN(Cc1ccc(OCCC[N+](C)(C)Cc2cnc([C@](O)(c3ccccc3)C3CCCCC3)o2)cc1)C(=O)OC(C)(C)C.[Br-]. The molecule has 2 aromatic carbocycles. The lowest BCUT2D eigenvalue weighted by atomic mass is 9.73. The number of amides is 1. The molecule has 0 spiro atoms. The molecule has 3 aromatic rings. The molecule has 1 aromatic heterocycles. The van der Waals surface area contributed by atoms with Gasteiger partial charge in [-0.05, 0) is 56.9 Å². The summed E-state index contributed by atoms with van der Waals surface area (Å²) in [4.78, 5) is 18.4. The molecule has 1 N–H and O–H groups in total. The predicted molar refractivity (Wildman–Crippen MR) is 167 cm³/mol. The molecule has 1 atom stereocenters. The van der Waals surface area contributed by atoms with Gasteiger partial charge in [0.25, 0.3) is 0 Å². The fraction of sp³-hybridized carbons (Fsp3) is 0.543. The zero-order chi connectivity index (χ0) is 31.1. The minimum atomic E-state index is -1.22. The fourth-order valence-corrected chi connectivity index (χ4v) is 5.86. The molecule has 1 aliphatic rings. The van der Waals surface area contributed by atoms with Gasteiger partial charge in [-0.15, -0.1) is 0 Å². The third-order valence-electron chi connectivity index (χ3n) is 8.10. The van der Waals surface area contributed by atoms with Gasteiger partial charge in [-0.1, -0.05) is 61.7 Å². The summed E-state index contributed by atoms with van der Waals surface area (Å²) in [6, 6.07) is 17.7. The summed E-state index contributed by atoms with van der Waals surface area (Å²) in [5.41, 5.74) is 0.124. The maximum Gasteiger partial charge on any atom is 0.410 e. The van der Waals surface area contributed by atoms with Gasteiger partial charge in [0.2, 0.25) is 5.89 Å². The van der Waals surface area contributed by atoms with Gasteiger partial charge in [0.05, 0.1) is 33.4 Å². The van der Waals surface area contributed by atoms with Crippen LogP contribution >= 0.6 is 0 Å². The number of carbonyl (C=O) groups is 1. The number of aromatic nitrogens is 1. The van der Waals surface area contributed by atoms with E-state index in [2.05, 4.69) is 19.1 Å². The van der Waals surface area contributed by atoms with Crippen LogP contribution in [0, 0.1) is 5.92 Å². The van der Waals surface area contributed by atoms with Crippen molar-refractivity contribution < 1.29 is 45.3 Å². The second-order valence-electron chi connectivity index (χ2n) is 13.6. The van der Waals surface area contributed by atoms with E-state index in [0.717, 1.165) is 61.3 Å². The standard InChI is InChI=1S/C35H50N3O5.BrH/c1-34(2,3)43-33(39)37(4)25-27-18-20-30(21-19-27)41-23-13-22-38(5,6)26-31-24-36-32(42-31)35(40,28-14-9-7-10-15-28)29-16-11-8-12-17-29;/h7,9-10,14-15,18-21,24,29,40H,8,11-13,16-17,22-23,25-26H2,1-6H3;1H/q+1;/p-1/t35-;/m0./s1. The number of nitrogens with zero attached hydrogens (tertiary/aromatic N) is 3. The van der Waals surface area contributed by atoms with Crippen molar-refractivity contribution in [3.63, 3.8) is 0 Å². The quantitative estimate of drug-likeness (QED) is 0.232. The lowest BCUT2D eigenvalue weighted by Gasteiger charge is -2.36. The molecular weight excluding hydrogens is 622 g/mol. The molecule has 1 fully saturated rings. The first kappa shape index (κ1) is 35.6. The number of hydrogen-bond acceptors (Lipinski definition) is 6. The van der Waals surface area contributed by atoms with Gasteiger partial charge in [0.1, 0.15) is 17.9 Å². The lowest BCUT2D eigenvalue weighted by molar-refractivity contribution is -0.904. The molecular formula is C35H50BrN3O5. The number of halogens is 1. The number of rotatable bonds is 12. The zero-order valence-corrected chi connectivity index (χ0v) is 28.8. The Morgan fingerprint density at radius 1 is 1.05 bits per heavy atom. The number of oxazole rings is 1. The number of carbonyl (C=O) groups excluding carboxylic acids is 1. The molecule has 0 bridgehead atoms. The van der Waals surface area contributed by atoms with Crippen molar-refractivity contribution in [1.82, 2.24) is 9.88 Å². The molecule has 1 aliphatic carbocycles. The van der Waals surface area contributed by atoms with Crippen LogP contribution < -0.4 is 21.7 Å². The van der Waals surface area contributed by atoms with Gasteiger partial charge in [-0.2, -0.15) is 0 Å². The smallest absolute Gasteiger partial charge is 0.410 e. The number of aliphatic hydroxyl groups is 1. The molecule has 1 saturated carbocycles. The highest BCUT2D eigenvalue weighted by atomic mass is 79.9. The first-order valence-electron chi connectivity index (χ1n) is 15.6. The van der Waals surface area contributed by atoms with Crippen molar-refractivity contribution in [2.75, 3.05) is 34.3 Å². The third kappa shape index (κ3) is 9.81. The third-order valence-corrected chi connectivity index (χ3v) is 8.10. The minimum absolute atomic E-state index is 0. The van der Waals surface area contributed by atoms with Crippen LogP contribution in [0.4, 0.5) is 4.79 Å². The molecule has 8 nitrogen and oxygen atoms in total. The summed E-state index contributed by atoms with van der Waals surface area (Å²) < 4.78 is 18.4. The van der Waals surface area contributed by atoms with E-state index in [-0.39, 0.29) is 29.0 Å². The van der Waals surface area contributed by atoms with Crippen LogP contribution in [-0.4, -0.2) is 65.5 Å². The van der Waals surface area contributed by atoms with Gasteiger partial charge in [-0.25, -0.2) is 9.78 Å². The summed E-state index contributed by atoms with van der Waals surface area (Å²) in [5, 5.41) is 12.1. The Kier molecular flexibility index (Phi) is 12.5. The van der Waals surface area contributed by atoms with Crippen LogP contribution in [0.15, 0.2) is 65.2 Å². The topological polar surface area (TPSA) is 85.0 Å². The Morgan fingerprint density at radius 3 is 2.34 bits per heavy atom. The van der Waals surface area contributed by atoms with Gasteiger partial charge < -0.3 is 45.4 Å². The van der Waals surface area contributed by atoms with E-state index in [1.54, 1.807) is 18.1 Å².